The molecule has 1 aromatic heterocycles. The van der Waals surface area contributed by atoms with Crippen molar-refractivity contribution in [2.75, 3.05) is 11.9 Å². The second-order valence-electron chi connectivity index (χ2n) is 5.56. The minimum Gasteiger partial charge on any atom is -0.354 e. The highest BCUT2D eigenvalue weighted by molar-refractivity contribution is 5.94. The monoisotopic (exact) mass is 283 g/mol. The van der Waals surface area contributed by atoms with Crippen LogP contribution in [0.5, 0.6) is 0 Å². The first kappa shape index (κ1) is 15.0. The first-order valence-electron chi connectivity index (χ1n) is 7.11. The normalized spacial score (nSPS) is 10.5. The van der Waals surface area contributed by atoms with Crippen molar-refractivity contribution in [1.29, 1.82) is 0 Å². The molecule has 0 atom stereocenters. The van der Waals surface area contributed by atoms with Crippen LogP contribution in [0.15, 0.2) is 42.7 Å². The lowest BCUT2D eigenvalue weighted by Crippen LogP contribution is -2.27. The second-order valence-corrected chi connectivity index (χ2v) is 5.56. The summed E-state index contributed by atoms with van der Waals surface area (Å²) in [5, 5.41) is 6.14. The molecule has 0 aliphatic heterocycles. The van der Waals surface area contributed by atoms with Crippen molar-refractivity contribution in [3.05, 3.63) is 53.9 Å². The Balaban J connectivity index is 2.06. The standard InChI is InChI=1S/C17H21N3O/c1-12(2)9-19-17(21)14-8-16(11-18-10-14)20-15-6-4-13(3)5-7-15/h4-8,10-12,20H,9H2,1-3H3,(H,19,21). The van der Waals surface area contributed by atoms with Gasteiger partial charge in [-0.05, 0) is 31.0 Å². The second kappa shape index (κ2) is 6.88. The Kier molecular flexibility index (Phi) is 4.93. The van der Waals surface area contributed by atoms with E-state index in [-0.39, 0.29) is 5.91 Å². The molecule has 0 spiro atoms. The number of nitrogens with one attached hydrogen (secondary N) is 2. The van der Waals surface area contributed by atoms with Crippen LogP contribution in [0.2, 0.25) is 0 Å². The minimum atomic E-state index is -0.0937. The summed E-state index contributed by atoms with van der Waals surface area (Å²) in [6.45, 7) is 6.83. The van der Waals surface area contributed by atoms with Gasteiger partial charge < -0.3 is 10.6 Å². The summed E-state index contributed by atoms with van der Waals surface area (Å²) in [4.78, 5) is 16.1. The number of rotatable bonds is 5. The van der Waals surface area contributed by atoms with E-state index < -0.39 is 0 Å². The summed E-state index contributed by atoms with van der Waals surface area (Å²) in [5.41, 5.74) is 3.55. The number of carbonyl (C=O) groups is 1. The van der Waals surface area contributed by atoms with Crippen LogP contribution in [0.4, 0.5) is 11.4 Å². The quantitative estimate of drug-likeness (QED) is 0.882. The van der Waals surface area contributed by atoms with Crippen LogP contribution in [-0.2, 0) is 0 Å². The maximum absolute atomic E-state index is 12.0. The van der Waals surface area contributed by atoms with Gasteiger partial charge in [0.05, 0.1) is 17.4 Å². The zero-order valence-corrected chi connectivity index (χ0v) is 12.7. The lowest BCUT2D eigenvalue weighted by Gasteiger charge is -2.10. The summed E-state index contributed by atoms with van der Waals surface area (Å²) in [7, 11) is 0. The molecule has 2 aromatic rings. The van der Waals surface area contributed by atoms with Crippen LogP contribution in [0, 0.1) is 12.8 Å². The molecule has 0 bridgehead atoms. The number of benzene rings is 1. The number of pyridine rings is 1. The Morgan fingerprint density at radius 1 is 1.14 bits per heavy atom. The number of aryl methyl sites for hydroxylation is 1. The van der Waals surface area contributed by atoms with E-state index in [1.807, 2.05) is 37.3 Å². The first-order chi connectivity index (χ1) is 10.0. The third-order valence-electron chi connectivity index (χ3n) is 3.01. The molecule has 0 unspecified atom stereocenters. The minimum absolute atomic E-state index is 0.0937. The SMILES string of the molecule is Cc1ccc(Nc2cncc(C(=O)NCC(C)C)c2)cc1. The summed E-state index contributed by atoms with van der Waals surface area (Å²) in [5.74, 6) is 0.333. The number of amides is 1. The van der Waals surface area contributed by atoms with Gasteiger partial charge in [0.25, 0.3) is 5.91 Å². The van der Waals surface area contributed by atoms with E-state index in [1.54, 1.807) is 12.4 Å². The molecule has 0 saturated carbocycles. The molecule has 0 aliphatic rings. The molecular formula is C17H21N3O. The predicted octanol–water partition coefficient (Wildman–Crippen LogP) is 3.52. The number of aromatic nitrogens is 1. The van der Waals surface area contributed by atoms with Gasteiger partial charge in [0.1, 0.15) is 0 Å². The van der Waals surface area contributed by atoms with Crippen LogP contribution >= 0.6 is 0 Å². The van der Waals surface area contributed by atoms with Gasteiger partial charge in [-0.25, -0.2) is 0 Å². The van der Waals surface area contributed by atoms with Crippen LogP contribution in [-0.4, -0.2) is 17.4 Å². The predicted molar refractivity (Wildman–Crippen MR) is 85.9 cm³/mol. The average Bonchev–Trinajstić information content (AvgIpc) is 2.47. The molecule has 1 heterocycles. The highest BCUT2D eigenvalue weighted by Crippen LogP contribution is 2.17. The van der Waals surface area contributed by atoms with Gasteiger partial charge in [-0.1, -0.05) is 31.5 Å². The Morgan fingerprint density at radius 2 is 1.86 bits per heavy atom. The third-order valence-corrected chi connectivity index (χ3v) is 3.01. The summed E-state index contributed by atoms with van der Waals surface area (Å²) in [6, 6.07) is 9.88. The fraction of sp³-hybridized carbons (Fsp3) is 0.294. The lowest BCUT2D eigenvalue weighted by molar-refractivity contribution is 0.0948. The van der Waals surface area contributed by atoms with E-state index in [1.165, 1.54) is 5.56 Å². The Labute approximate surface area is 125 Å². The van der Waals surface area contributed by atoms with Crippen molar-refractivity contribution in [2.45, 2.75) is 20.8 Å². The molecule has 1 amide bonds. The zero-order valence-electron chi connectivity index (χ0n) is 12.7. The van der Waals surface area contributed by atoms with Gasteiger partial charge >= 0.3 is 0 Å². The number of hydrogen-bond acceptors (Lipinski definition) is 3. The van der Waals surface area contributed by atoms with E-state index >= 15 is 0 Å². The molecule has 2 rings (SSSR count). The summed E-state index contributed by atoms with van der Waals surface area (Å²) < 4.78 is 0. The van der Waals surface area contributed by atoms with Crippen LogP contribution in [0.3, 0.4) is 0 Å². The molecule has 1 aromatic carbocycles. The lowest BCUT2D eigenvalue weighted by atomic mass is 10.2. The molecule has 2 N–H and O–H groups in total. The van der Waals surface area contributed by atoms with E-state index in [0.717, 1.165) is 11.4 Å². The Morgan fingerprint density at radius 3 is 2.52 bits per heavy atom. The molecule has 4 nitrogen and oxygen atoms in total. The fourth-order valence-corrected chi connectivity index (χ4v) is 1.83. The van der Waals surface area contributed by atoms with Gasteiger partial charge in [-0.15, -0.1) is 0 Å². The fourth-order valence-electron chi connectivity index (χ4n) is 1.83. The van der Waals surface area contributed by atoms with Crippen LogP contribution in [0.25, 0.3) is 0 Å². The number of nitrogens with zero attached hydrogens (tertiary/aromatic N) is 1. The smallest absolute Gasteiger partial charge is 0.252 e. The van der Waals surface area contributed by atoms with Crippen molar-refractivity contribution in [3.8, 4) is 0 Å². The molecule has 0 aliphatic carbocycles. The topological polar surface area (TPSA) is 54.0 Å². The zero-order chi connectivity index (χ0) is 15.2. The van der Waals surface area contributed by atoms with Crippen molar-refractivity contribution in [3.63, 3.8) is 0 Å². The first-order valence-corrected chi connectivity index (χ1v) is 7.11. The van der Waals surface area contributed by atoms with E-state index in [9.17, 15) is 4.79 Å². The largest absolute Gasteiger partial charge is 0.354 e. The molecule has 0 fully saturated rings. The maximum atomic E-state index is 12.0. The van der Waals surface area contributed by atoms with Crippen molar-refractivity contribution < 1.29 is 4.79 Å². The molecule has 21 heavy (non-hydrogen) atoms. The molecule has 110 valence electrons. The molecular weight excluding hydrogens is 262 g/mol. The van der Waals surface area contributed by atoms with Gasteiger partial charge in [0.15, 0.2) is 0 Å². The van der Waals surface area contributed by atoms with Crippen LogP contribution < -0.4 is 10.6 Å². The van der Waals surface area contributed by atoms with Crippen LogP contribution in [0.1, 0.15) is 29.8 Å². The van der Waals surface area contributed by atoms with Gasteiger partial charge in [-0.2, -0.15) is 0 Å². The number of anilines is 2. The summed E-state index contributed by atoms with van der Waals surface area (Å²) in [6.07, 6.45) is 3.29. The number of hydrogen-bond donors (Lipinski definition) is 2. The highest BCUT2D eigenvalue weighted by atomic mass is 16.1. The maximum Gasteiger partial charge on any atom is 0.252 e. The van der Waals surface area contributed by atoms with Crippen molar-refractivity contribution in [2.24, 2.45) is 5.92 Å². The molecule has 0 radical (unpaired) electrons. The van der Waals surface area contributed by atoms with Gasteiger partial charge in [0.2, 0.25) is 0 Å². The summed E-state index contributed by atoms with van der Waals surface area (Å²) >= 11 is 0. The van der Waals surface area contributed by atoms with Crippen molar-refractivity contribution >= 4 is 17.3 Å². The van der Waals surface area contributed by atoms with E-state index in [2.05, 4.69) is 29.5 Å². The van der Waals surface area contributed by atoms with Crippen molar-refractivity contribution in [1.82, 2.24) is 10.3 Å². The highest BCUT2D eigenvalue weighted by Gasteiger charge is 2.07. The van der Waals surface area contributed by atoms with Gasteiger partial charge in [0, 0.05) is 18.4 Å². The van der Waals surface area contributed by atoms with E-state index in [4.69, 9.17) is 0 Å². The molecule has 0 saturated heterocycles. The Bertz CT molecular complexity index is 606. The average molecular weight is 283 g/mol. The molecule has 4 heteroatoms. The number of carbonyl (C=O) groups excluding carboxylic acids is 1. The Hall–Kier alpha value is -2.36. The third kappa shape index (κ3) is 4.60. The van der Waals surface area contributed by atoms with E-state index in [0.29, 0.717) is 18.0 Å². The van der Waals surface area contributed by atoms with Gasteiger partial charge in [-0.3, -0.25) is 9.78 Å².